The van der Waals surface area contributed by atoms with Gasteiger partial charge in [0.05, 0.1) is 12.1 Å². The summed E-state index contributed by atoms with van der Waals surface area (Å²) in [5, 5.41) is 12.3. The Kier molecular flexibility index (Phi) is 3.47. The fourth-order valence-electron chi connectivity index (χ4n) is 1.24. The zero-order valence-electron chi connectivity index (χ0n) is 8.91. The molecule has 1 fully saturated rings. The van der Waals surface area contributed by atoms with Gasteiger partial charge in [-0.15, -0.1) is 0 Å². The highest BCUT2D eigenvalue weighted by Crippen LogP contribution is 2.12. The summed E-state index contributed by atoms with van der Waals surface area (Å²) in [5.74, 6) is -0.0761. The van der Waals surface area contributed by atoms with Gasteiger partial charge in [0.2, 0.25) is 12.3 Å². The molecule has 1 aliphatic rings. The fourth-order valence-corrected chi connectivity index (χ4v) is 1.24. The monoisotopic (exact) mass is 202 g/mol. The Bertz CT molecular complexity index is 213. The first-order valence-corrected chi connectivity index (χ1v) is 4.75. The number of aliphatic hydroxyl groups excluding tert-OH is 1. The molecular formula is C9H18N2O3. The highest BCUT2D eigenvalue weighted by Gasteiger charge is 2.26. The Labute approximate surface area is 84.0 Å². The third kappa shape index (κ3) is 3.61. The molecule has 1 saturated heterocycles. The fraction of sp³-hybridized carbons (Fsp3) is 0.889. The van der Waals surface area contributed by atoms with E-state index in [1.807, 2.05) is 20.8 Å². The van der Waals surface area contributed by atoms with E-state index in [0.29, 0.717) is 13.1 Å². The van der Waals surface area contributed by atoms with Gasteiger partial charge >= 0.3 is 0 Å². The van der Waals surface area contributed by atoms with Crippen molar-refractivity contribution >= 4 is 5.91 Å². The standard InChI is InChI=1S/C9H18N2O3/c1-9(2,3)14-8(13)11-5-4-10-7(12)6-11/h8,13H,4-6H2,1-3H3,(H,10,12). The summed E-state index contributed by atoms with van der Waals surface area (Å²) >= 11 is 0. The summed E-state index contributed by atoms with van der Waals surface area (Å²) in [6, 6.07) is 0. The molecule has 5 nitrogen and oxygen atoms in total. The molecule has 0 saturated carbocycles. The molecular weight excluding hydrogens is 184 g/mol. The normalized spacial score (nSPS) is 21.9. The van der Waals surface area contributed by atoms with Gasteiger partial charge in [-0.2, -0.15) is 0 Å². The van der Waals surface area contributed by atoms with Gasteiger partial charge in [-0.05, 0) is 20.8 Å². The van der Waals surface area contributed by atoms with Crippen LogP contribution in [-0.2, 0) is 9.53 Å². The molecule has 0 radical (unpaired) electrons. The topological polar surface area (TPSA) is 61.8 Å². The second-order valence-corrected chi connectivity index (χ2v) is 4.38. The predicted octanol–water partition coefficient (Wildman–Crippen LogP) is -0.491. The lowest BCUT2D eigenvalue weighted by molar-refractivity contribution is -0.240. The lowest BCUT2D eigenvalue weighted by Crippen LogP contribution is -2.53. The van der Waals surface area contributed by atoms with Gasteiger partial charge in [0.1, 0.15) is 0 Å². The summed E-state index contributed by atoms with van der Waals surface area (Å²) in [4.78, 5) is 12.6. The van der Waals surface area contributed by atoms with Crippen LogP contribution in [0.25, 0.3) is 0 Å². The van der Waals surface area contributed by atoms with Crippen LogP contribution in [0.1, 0.15) is 20.8 Å². The zero-order valence-corrected chi connectivity index (χ0v) is 8.91. The molecule has 2 N–H and O–H groups in total. The van der Waals surface area contributed by atoms with Crippen molar-refractivity contribution in [3.05, 3.63) is 0 Å². The number of hydrogen-bond acceptors (Lipinski definition) is 4. The minimum Gasteiger partial charge on any atom is -0.356 e. The largest absolute Gasteiger partial charge is 0.356 e. The van der Waals surface area contributed by atoms with Crippen molar-refractivity contribution in [3.63, 3.8) is 0 Å². The van der Waals surface area contributed by atoms with Gasteiger partial charge in [-0.25, -0.2) is 4.90 Å². The summed E-state index contributed by atoms with van der Waals surface area (Å²) in [6.07, 6.45) is -0.999. The molecule has 0 aromatic carbocycles. The molecule has 1 unspecified atom stereocenters. The van der Waals surface area contributed by atoms with Crippen LogP contribution in [0.3, 0.4) is 0 Å². The average molecular weight is 202 g/mol. The third-order valence-electron chi connectivity index (χ3n) is 1.84. The van der Waals surface area contributed by atoms with Gasteiger partial charge in [0, 0.05) is 13.1 Å². The molecule has 1 atom stereocenters. The molecule has 1 rings (SSSR count). The van der Waals surface area contributed by atoms with E-state index in [2.05, 4.69) is 5.32 Å². The lowest BCUT2D eigenvalue weighted by Gasteiger charge is -2.34. The average Bonchev–Trinajstić information content (AvgIpc) is 2.01. The van der Waals surface area contributed by atoms with Crippen molar-refractivity contribution < 1.29 is 14.6 Å². The zero-order chi connectivity index (χ0) is 10.8. The van der Waals surface area contributed by atoms with E-state index in [1.165, 1.54) is 0 Å². The Balaban J connectivity index is 2.43. The molecule has 0 aromatic rings. The van der Waals surface area contributed by atoms with E-state index in [4.69, 9.17) is 4.74 Å². The molecule has 1 heterocycles. The van der Waals surface area contributed by atoms with E-state index in [1.54, 1.807) is 4.90 Å². The van der Waals surface area contributed by atoms with Crippen molar-refractivity contribution in [2.45, 2.75) is 32.8 Å². The maximum absolute atomic E-state index is 11.0. The molecule has 0 aliphatic carbocycles. The second kappa shape index (κ2) is 4.25. The van der Waals surface area contributed by atoms with Crippen LogP contribution < -0.4 is 5.32 Å². The maximum Gasteiger partial charge on any atom is 0.234 e. The van der Waals surface area contributed by atoms with Crippen LogP contribution in [0, 0.1) is 0 Å². The van der Waals surface area contributed by atoms with Crippen molar-refractivity contribution in [1.82, 2.24) is 10.2 Å². The summed E-state index contributed by atoms with van der Waals surface area (Å²) in [7, 11) is 0. The molecule has 0 aromatic heterocycles. The first-order valence-electron chi connectivity index (χ1n) is 4.75. The van der Waals surface area contributed by atoms with Crippen molar-refractivity contribution in [3.8, 4) is 0 Å². The Morgan fingerprint density at radius 1 is 1.57 bits per heavy atom. The minimum absolute atomic E-state index is 0.0761. The first kappa shape index (κ1) is 11.4. The van der Waals surface area contributed by atoms with E-state index in [-0.39, 0.29) is 12.5 Å². The number of hydrogen-bond donors (Lipinski definition) is 2. The number of aliphatic hydroxyl groups is 1. The van der Waals surface area contributed by atoms with Gasteiger partial charge in [0.25, 0.3) is 0 Å². The van der Waals surface area contributed by atoms with Crippen LogP contribution in [0.5, 0.6) is 0 Å². The molecule has 14 heavy (non-hydrogen) atoms. The number of amides is 1. The molecule has 5 heteroatoms. The molecule has 0 bridgehead atoms. The number of nitrogens with one attached hydrogen (secondary N) is 1. The Morgan fingerprint density at radius 2 is 2.21 bits per heavy atom. The van der Waals surface area contributed by atoms with E-state index >= 15 is 0 Å². The molecule has 82 valence electrons. The predicted molar refractivity (Wildman–Crippen MR) is 51.4 cm³/mol. The summed E-state index contributed by atoms with van der Waals surface area (Å²) in [6.45, 7) is 6.95. The van der Waals surface area contributed by atoms with Crippen molar-refractivity contribution in [2.24, 2.45) is 0 Å². The number of ether oxygens (including phenoxy) is 1. The highest BCUT2D eigenvalue weighted by molar-refractivity contribution is 5.78. The number of nitrogens with zero attached hydrogens (tertiary/aromatic N) is 1. The van der Waals surface area contributed by atoms with Gasteiger partial charge in [-0.1, -0.05) is 0 Å². The molecule has 1 aliphatic heterocycles. The molecule has 0 spiro atoms. The minimum atomic E-state index is -0.999. The molecule has 1 amide bonds. The number of piperazine rings is 1. The third-order valence-corrected chi connectivity index (χ3v) is 1.84. The van der Waals surface area contributed by atoms with Crippen LogP contribution in [-0.4, -0.2) is 47.6 Å². The van der Waals surface area contributed by atoms with Crippen molar-refractivity contribution in [1.29, 1.82) is 0 Å². The van der Waals surface area contributed by atoms with Gasteiger partial charge in [0.15, 0.2) is 0 Å². The Hall–Kier alpha value is -0.650. The maximum atomic E-state index is 11.0. The van der Waals surface area contributed by atoms with Crippen molar-refractivity contribution in [2.75, 3.05) is 19.6 Å². The van der Waals surface area contributed by atoms with Crippen LogP contribution in [0.15, 0.2) is 0 Å². The number of rotatable bonds is 2. The SMILES string of the molecule is CC(C)(C)OC(O)N1CCNC(=O)C1. The smallest absolute Gasteiger partial charge is 0.234 e. The summed E-state index contributed by atoms with van der Waals surface area (Å²) in [5.41, 5.74) is -0.409. The van der Waals surface area contributed by atoms with Gasteiger partial charge in [-0.3, -0.25) is 4.79 Å². The highest BCUT2D eigenvalue weighted by atomic mass is 16.6. The quantitative estimate of drug-likeness (QED) is 0.593. The van der Waals surface area contributed by atoms with E-state index in [0.717, 1.165) is 0 Å². The number of carbonyl (C=O) groups is 1. The Morgan fingerprint density at radius 3 is 2.71 bits per heavy atom. The van der Waals surface area contributed by atoms with E-state index < -0.39 is 12.0 Å². The number of carbonyl (C=O) groups excluding carboxylic acids is 1. The first-order chi connectivity index (χ1) is 6.38. The van der Waals surface area contributed by atoms with Gasteiger partial charge < -0.3 is 15.2 Å². The van der Waals surface area contributed by atoms with Crippen LogP contribution in [0.4, 0.5) is 0 Å². The van der Waals surface area contributed by atoms with Crippen LogP contribution >= 0.6 is 0 Å². The summed E-state index contributed by atoms with van der Waals surface area (Å²) < 4.78 is 5.33. The van der Waals surface area contributed by atoms with E-state index in [9.17, 15) is 9.90 Å². The van der Waals surface area contributed by atoms with Crippen LogP contribution in [0.2, 0.25) is 0 Å². The second-order valence-electron chi connectivity index (χ2n) is 4.38. The lowest BCUT2D eigenvalue weighted by atomic mass is 10.2.